The Labute approximate surface area is 140 Å². The molecule has 24 heavy (non-hydrogen) atoms. The van der Waals surface area contributed by atoms with E-state index >= 15 is 0 Å². The fraction of sp³-hybridized carbons (Fsp3) is 0.412. The standard InChI is InChI=1S/C17H24N4O3/c1-3-24-11-7-10-19-14-15(18)21(17(23)20(2)16(14)22)12-13-8-5-4-6-9-13/h4-6,8-9,19H,3,7,10-12,18H2,1-2H3. The molecule has 130 valence electrons. The highest BCUT2D eigenvalue weighted by atomic mass is 16.5. The third-order valence-electron chi connectivity index (χ3n) is 3.74. The summed E-state index contributed by atoms with van der Waals surface area (Å²) in [6, 6.07) is 9.51. The summed E-state index contributed by atoms with van der Waals surface area (Å²) in [6.45, 7) is 4.05. The van der Waals surface area contributed by atoms with Gasteiger partial charge in [-0.25, -0.2) is 4.79 Å². The number of hydrogen-bond acceptors (Lipinski definition) is 5. The molecule has 7 heteroatoms. The molecule has 2 aromatic rings. The number of nitrogens with one attached hydrogen (secondary N) is 1. The number of anilines is 2. The minimum atomic E-state index is -0.429. The molecule has 7 nitrogen and oxygen atoms in total. The second-order valence-electron chi connectivity index (χ2n) is 5.46. The van der Waals surface area contributed by atoms with E-state index in [2.05, 4.69) is 5.32 Å². The monoisotopic (exact) mass is 332 g/mol. The lowest BCUT2D eigenvalue weighted by atomic mass is 10.2. The SMILES string of the molecule is CCOCCCNc1c(N)n(Cc2ccccc2)c(=O)n(C)c1=O. The summed E-state index contributed by atoms with van der Waals surface area (Å²) in [4.78, 5) is 24.7. The number of hydrogen-bond donors (Lipinski definition) is 2. The molecule has 0 spiro atoms. The molecule has 0 bridgehead atoms. The number of benzene rings is 1. The van der Waals surface area contributed by atoms with Crippen LogP contribution in [0.15, 0.2) is 39.9 Å². The third-order valence-corrected chi connectivity index (χ3v) is 3.74. The molecular weight excluding hydrogens is 308 g/mol. The molecule has 0 saturated carbocycles. The Bertz CT molecular complexity index is 781. The molecule has 0 atom stereocenters. The van der Waals surface area contributed by atoms with Crippen molar-refractivity contribution in [3.63, 3.8) is 0 Å². The molecule has 0 fully saturated rings. The Morgan fingerprint density at radius 1 is 1.21 bits per heavy atom. The number of aromatic nitrogens is 2. The van der Waals surface area contributed by atoms with Crippen molar-refractivity contribution in [2.45, 2.75) is 19.9 Å². The lowest BCUT2D eigenvalue weighted by Gasteiger charge is -2.16. The predicted molar refractivity (Wildman–Crippen MR) is 95.5 cm³/mol. The van der Waals surface area contributed by atoms with Gasteiger partial charge < -0.3 is 15.8 Å². The second-order valence-corrected chi connectivity index (χ2v) is 5.46. The maximum Gasteiger partial charge on any atom is 0.332 e. The Morgan fingerprint density at radius 3 is 2.58 bits per heavy atom. The van der Waals surface area contributed by atoms with Gasteiger partial charge in [0, 0.05) is 26.8 Å². The van der Waals surface area contributed by atoms with Crippen molar-refractivity contribution in [2.75, 3.05) is 30.8 Å². The molecule has 0 amide bonds. The van der Waals surface area contributed by atoms with E-state index in [1.807, 2.05) is 37.3 Å². The van der Waals surface area contributed by atoms with Gasteiger partial charge in [0.2, 0.25) is 0 Å². The van der Waals surface area contributed by atoms with Gasteiger partial charge in [0.05, 0.1) is 6.54 Å². The topological polar surface area (TPSA) is 91.3 Å². The van der Waals surface area contributed by atoms with E-state index in [1.54, 1.807) is 0 Å². The minimum absolute atomic E-state index is 0.156. The zero-order chi connectivity index (χ0) is 17.5. The van der Waals surface area contributed by atoms with Crippen molar-refractivity contribution in [1.29, 1.82) is 0 Å². The molecule has 1 heterocycles. The molecular formula is C17H24N4O3. The fourth-order valence-electron chi connectivity index (χ4n) is 2.40. The van der Waals surface area contributed by atoms with E-state index in [0.29, 0.717) is 26.3 Å². The number of ether oxygens (including phenoxy) is 1. The van der Waals surface area contributed by atoms with Crippen molar-refractivity contribution in [3.05, 3.63) is 56.7 Å². The summed E-state index contributed by atoms with van der Waals surface area (Å²) in [5, 5.41) is 3.04. The second kappa shape index (κ2) is 8.35. The van der Waals surface area contributed by atoms with Crippen molar-refractivity contribution in [1.82, 2.24) is 9.13 Å². The summed E-state index contributed by atoms with van der Waals surface area (Å²) in [7, 11) is 1.46. The highest BCUT2D eigenvalue weighted by Crippen LogP contribution is 2.12. The summed E-state index contributed by atoms with van der Waals surface area (Å²) in [5.74, 6) is 0.156. The highest BCUT2D eigenvalue weighted by Gasteiger charge is 2.15. The Hall–Kier alpha value is -2.54. The predicted octanol–water partition coefficient (Wildman–Crippen LogP) is 1.02. The van der Waals surface area contributed by atoms with E-state index < -0.39 is 11.2 Å². The molecule has 3 N–H and O–H groups in total. The van der Waals surface area contributed by atoms with Crippen LogP contribution in [0, 0.1) is 0 Å². The molecule has 0 radical (unpaired) electrons. The minimum Gasteiger partial charge on any atom is -0.383 e. The third kappa shape index (κ3) is 4.05. The summed E-state index contributed by atoms with van der Waals surface area (Å²) < 4.78 is 7.75. The van der Waals surface area contributed by atoms with Gasteiger partial charge in [0.15, 0.2) is 0 Å². The van der Waals surface area contributed by atoms with E-state index in [1.165, 1.54) is 11.6 Å². The molecule has 2 rings (SSSR count). The molecule has 0 aliphatic heterocycles. The first-order chi connectivity index (χ1) is 11.6. The maximum atomic E-state index is 12.4. The van der Waals surface area contributed by atoms with Crippen LogP contribution in [0.2, 0.25) is 0 Å². The van der Waals surface area contributed by atoms with Gasteiger partial charge in [-0.15, -0.1) is 0 Å². The first-order valence-electron chi connectivity index (χ1n) is 8.01. The number of nitrogen functional groups attached to an aromatic ring is 1. The van der Waals surface area contributed by atoms with Gasteiger partial charge >= 0.3 is 5.69 Å². The summed E-state index contributed by atoms with van der Waals surface area (Å²) in [5.41, 5.74) is 6.44. The first-order valence-corrected chi connectivity index (χ1v) is 8.01. The summed E-state index contributed by atoms with van der Waals surface area (Å²) in [6.07, 6.45) is 0.744. The van der Waals surface area contributed by atoms with Gasteiger partial charge in [0.1, 0.15) is 11.5 Å². The number of nitrogens with zero attached hydrogens (tertiary/aromatic N) is 2. The number of rotatable bonds is 8. The average Bonchev–Trinajstić information content (AvgIpc) is 2.60. The van der Waals surface area contributed by atoms with Crippen LogP contribution in [-0.2, 0) is 18.3 Å². The first kappa shape index (κ1) is 17.8. The van der Waals surface area contributed by atoms with E-state index in [-0.39, 0.29) is 11.5 Å². The maximum absolute atomic E-state index is 12.4. The van der Waals surface area contributed by atoms with E-state index in [9.17, 15) is 9.59 Å². The number of nitrogens with two attached hydrogens (primary N) is 1. The zero-order valence-electron chi connectivity index (χ0n) is 14.1. The smallest absolute Gasteiger partial charge is 0.332 e. The molecule has 1 aromatic heterocycles. The largest absolute Gasteiger partial charge is 0.383 e. The van der Waals surface area contributed by atoms with Crippen LogP contribution in [0.1, 0.15) is 18.9 Å². The normalized spacial score (nSPS) is 10.8. The van der Waals surface area contributed by atoms with Crippen LogP contribution in [0.25, 0.3) is 0 Å². The van der Waals surface area contributed by atoms with Crippen LogP contribution in [0.4, 0.5) is 11.5 Å². The quantitative estimate of drug-likeness (QED) is 0.704. The van der Waals surface area contributed by atoms with Crippen molar-refractivity contribution in [3.8, 4) is 0 Å². The Morgan fingerprint density at radius 2 is 1.92 bits per heavy atom. The van der Waals surface area contributed by atoms with Crippen molar-refractivity contribution < 1.29 is 4.74 Å². The van der Waals surface area contributed by atoms with Crippen LogP contribution in [-0.4, -0.2) is 28.9 Å². The van der Waals surface area contributed by atoms with Crippen LogP contribution < -0.4 is 22.3 Å². The zero-order valence-corrected chi connectivity index (χ0v) is 14.1. The average molecular weight is 332 g/mol. The molecule has 1 aromatic carbocycles. The summed E-state index contributed by atoms with van der Waals surface area (Å²) >= 11 is 0. The highest BCUT2D eigenvalue weighted by molar-refractivity contribution is 5.60. The lowest BCUT2D eigenvalue weighted by molar-refractivity contribution is 0.147. The van der Waals surface area contributed by atoms with Gasteiger partial charge in [-0.1, -0.05) is 30.3 Å². The van der Waals surface area contributed by atoms with Gasteiger partial charge in [-0.3, -0.25) is 13.9 Å². The van der Waals surface area contributed by atoms with Crippen LogP contribution >= 0.6 is 0 Å². The Balaban J connectivity index is 2.28. The van der Waals surface area contributed by atoms with Crippen LogP contribution in [0.5, 0.6) is 0 Å². The van der Waals surface area contributed by atoms with Gasteiger partial charge in [-0.05, 0) is 18.9 Å². The lowest BCUT2D eigenvalue weighted by Crippen LogP contribution is -2.41. The molecule has 0 aliphatic rings. The van der Waals surface area contributed by atoms with E-state index in [0.717, 1.165) is 16.6 Å². The van der Waals surface area contributed by atoms with E-state index in [4.69, 9.17) is 10.5 Å². The van der Waals surface area contributed by atoms with Gasteiger partial charge in [-0.2, -0.15) is 0 Å². The fourth-order valence-corrected chi connectivity index (χ4v) is 2.40. The Kier molecular flexibility index (Phi) is 6.20. The molecule has 0 saturated heterocycles. The van der Waals surface area contributed by atoms with Crippen molar-refractivity contribution >= 4 is 11.5 Å². The molecule has 0 unspecified atom stereocenters. The molecule has 0 aliphatic carbocycles. The van der Waals surface area contributed by atoms with Crippen molar-refractivity contribution in [2.24, 2.45) is 7.05 Å². The van der Waals surface area contributed by atoms with Gasteiger partial charge in [0.25, 0.3) is 5.56 Å². The van der Waals surface area contributed by atoms with Crippen LogP contribution in [0.3, 0.4) is 0 Å².